The Morgan fingerprint density at radius 2 is 1.67 bits per heavy atom. The molecule has 1 aromatic heterocycles. The SMILES string of the molecule is C=CC(=O)N1CCN(c2ccc(CCC(=O)NCCCCCCCNC(=O)OCC3C4CC/C=C\CCC43)o2)C(=O)C1. The first kappa shape index (κ1) is 31.4. The number of carbonyl (C=O) groups is 4. The fourth-order valence-electron chi connectivity index (χ4n) is 6.06. The van der Waals surface area contributed by atoms with Crippen LogP contribution in [-0.2, 0) is 25.5 Å². The van der Waals surface area contributed by atoms with Gasteiger partial charge in [-0.25, -0.2) is 4.79 Å². The Morgan fingerprint density at radius 1 is 0.976 bits per heavy atom. The van der Waals surface area contributed by atoms with Crippen LogP contribution >= 0.6 is 0 Å². The Labute approximate surface area is 248 Å². The lowest BCUT2D eigenvalue weighted by molar-refractivity contribution is -0.133. The molecule has 10 heteroatoms. The third kappa shape index (κ3) is 9.49. The summed E-state index contributed by atoms with van der Waals surface area (Å²) in [6.07, 6.45) is 15.9. The number of nitrogens with zero attached hydrogens (tertiary/aromatic N) is 2. The number of anilines is 1. The number of alkyl carbamates (subject to hydrolysis) is 1. The number of piperazine rings is 1. The zero-order valence-corrected chi connectivity index (χ0v) is 24.7. The van der Waals surface area contributed by atoms with E-state index in [9.17, 15) is 19.2 Å². The molecule has 0 spiro atoms. The first-order valence-electron chi connectivity index (χ1n) is 15.6. The van der Waals surface area contributed by atoms with Crippen LogP contribution in [0.3, 0.4) is 0 Å². The summed E-state index contributed by atoms with van der Waals surface area (Å²) in [7, 11) is 0. The highest BCUT2D eigenvalue weighted by atomic mass is 16.5. The number of ether oxygens (including phenoxy) is 1. The summed E-state index contributed by atoms with van der Waals surface area (Å²) >= 11 is 0. The Morgan fingerprint density at radius 3 is 2.36 bits per heavy atom. The molecule has 0 bridgehead atoms. The Bertz CT molecular complexity index is 1100. The van der Waals surface area contributed by atoms with Gasteiger partial charge in [0.1, 0.15) is 12.3 Å². The van der Waals surface area contributed by atoms with Crippen LogP contribution in [0.25, 0.3) is 0 Å². The van der Waals surface area contributed by atoms with Crippen LogP contribution in [0, 0.1) is 17.8 Å². The molecule has 2 heterocycles. The molecule has 4 amide bonds. The maximum absolute atomic E-state index is 12.4. The van der Waals surface area contributed by atoms with Crippen molar-refractivity contribution in [3.05, 3.63) is 42.7 Å². The molecule has 42 heavy (non-hydrogen) atoms. The number of aryl methyl sites for hydroxylation is 1. The predicted octanol–water partition coefficient (Wildman–Crippen LogP) is 4.36. The summed E-state index contributed by atoms with van der Waals surface area (Å²) in [6.45, 7) is 6.04. The van der Waals surface area contributed by atoms with E-state index in [0.29, 0.717) is 63.2 Å². The zero-order valence-electron chi connectivity index (χ0n) is 24.7. The van der Waals surface area contributed by atoms with Gasteiger partial charge in [-0.15, -0.1) is 0 Å². The van der Waals surface area contributed by atoms with Gasteiger partial charge < -0.3 is 24.7 Å². The van der Waals surface area contributed by atoms with Gasteiger partial charge in [0, 0.05) is 45.1 Å². The molecule has 2 N–H and O–H groups in total. The van der Waals surface area contributed by atoms with Crippen LogP contribution in [0.1, 0.15) is 70.0 Å². The van der Waals surface area contributed by atoms with E-state index in [1.165, 1.54) is 28.7 Å². The number of nitrogens with one attached hydrogen (secondary N) is 2. The van der Waals surface area contributed by atoms with Crippen molar-refractivity contribution in [1.29, 1.82) is 0 Å². The molecule has 230 valence electrons. The quantitative estimate of drug-likeness (QED) is 0.180. The molecule has 10 nitrogen and oxygen atoms in total. The lowest BCUT2D eigenvalue weighted by Crippen LogP contribution is -2.52. The first-order chi connectivity index (χ1) is 20.5. The van der Waals surface area contributed by atoms with Gasteiger partial charge in [0.05, 0.1) is 6.61 Å². The summed E-state index contributed by atoms with van der Waals surface area (Å²) < 4.78 is 11.3. The number of fused-ring (bicyclic) bond motifs is 1. The lowest BCUT2D eigenvalue weighted by Gasteiger charge is -2.32. The van der Waals surface area contributed by atoms with Gasteiger partial charge in [-0.1, -0.05) is 38.0 Å². The van der Waals surface area contributed by atoms with Crippen molar-refractivity contribution in [2.45, 2.75) is 70.6 Å². The van der Waals surface area contributed by atoms with E-state index in [1.54, 1.807) is 12.1 Å². The molecule has 1 saturated carbocycles. The molecule has 2 unspecified atom stereocenters. The number of rotatable bonds is 15. The third-order valence-electron chi connectivity index (χ3n) is 8.58. The summed E-state index contributed by atoms with van der Waals surface area (Å²) in [5.74, 6) is 2.60. The van der Waals surface area contributed by atoms with E-state index in [1.807, 2.05) is 0 Å². The van der Waals surface area contributed by atoms with Gasteiger partial charge in [0.2, 0.25) is 23.6 Å². The topological polar surface area (TPSA) is 121 Å². The lowest BCUT2D eigenvalue weighted by atomic mass is 10.1. The van der Waals surface area contributed by atoms with E-state index in [4.69, 9.17) is 9.15 Å². The monoisotopic (exact) mass is 582 g/mol. The molecular formula is C32H46N4O6. The average molecular weight is 583 g/mol. The average Bonchev–Trinajstić information content (AvgIpc) is 3.38. The van der Waals surface area contributed by atoms with E-state index in [2.05, 4.69) is 29.4 Å². The smallest absolute Gasteiger partial charge is 0.407 e. The number of unbranched alkanes of at least 4 members (excludes halogenated alkanes) is 4. The van der Waals surface area contributed by atoms with Gasteiger partial charge in [0.15, 0.2) is 0 Å². The van der Waals surface area contributed by atoms with Gasteiger partial charge in [-0.2, -0.15) is 0 Å². The minimum Gasteiger partial charge on any atom is -0.449 e. The third-order valence-corrected chi connectivity index (χ3v) is 8.58. The van der Waals surface area contributed by atoms with Crippen molar-refractivity contribution in [3.63, 3.8) is 0 Å². The van der Waals surface area contributed by atoms with Gasteiger partial charge in [-0.05, 0) is 68.4 Å². The highest BCUT2D eigenvalue weighted by molar-refractivity contribution is 5.98. The molecule has 2 fully saturated rings. The van der Waals surface area contributed by atoms with Crippen LogP contribution in [0.15, 0.2) is 41.4 Å². The Hall–Kier alpha value is -3.56. The number of hydrogen-bond acceptors (Lipinski definition) is 6. The zero-order chi connectivity index (χ0) is 29.7. The summed E-state index contributed by atoms with van der Waals surface area (Å²) in [5, 5.41) is 5.83. The van der Waals surface area contributed by atoms with Crippen LogP contribution in [0.4, 0.5) is 10.7 Å². The fourth-order valence-corrected chi connectivity index (χ4v) is 6.06. The normalized spacial score (nSPS) is 22.4. The number of allylic oxidation sites excluding steroid dienone is 2. The molecular weight excluding hydrogens is 536 g/mol. The predicted molar refractivity (Wildman–Crippen MR) is 160 cm³/mol. The van der Waals surface area contributed by atoms with Gasteiger partial charge in [-0.3, -0.25) is 19.3 Å². The highest BCUT2D eigenvalue weighted by Crippen LogP contribution is 2.52. The maximum atomic E-state index is 12.4. The second-order valence-corrected chi connectivity index (χ2v) is 11.5. The maximum Gasteiger partial charge on any atom is 0.407 e. The van der Waals surface area contributed by atoms with E-state index >= 15 is 0 Å². The van der Waals surface area contributed by atoms with E-state index in [-0.39, 0.29) is 30.4 Å². The molecule has 1 aromatic rings. The molecule has 0 radical (unpaired) electrons. The molecule has 1 aliphatic heterocycles. The Balaban J connectivity index is 0.964. The van der Waals surface area contributed by atoms with Gasteiger partial charge in [0.25, 0.3) is 0 Å². The number of amides is 4. The summed E-state index contributed by atoms with van der Waals surface area (Å²) in [5.41, 5.74) is 0. The van der Waals surface area contributed by atoms with E-state index < -0.39 is 0 Å². The standard InChI is InChI=1S/C32H46N4O6/c1-2-29(38)35-20-21-36(30(39)22-35)31-17-15-24(42-31)14-16-28(37)33-18-10-6-3-7-11-19-34-32(40)41-23-27-25-12-8-4-5-9-13-26(25)27/h2,4-5,15,17,25-27H,1,3,6-14,16,18-23H2,(H,33,37)(H,34,40)/b5-4-. The van der Waals surface area contributed by atoms with Crippen molar-refractivity contribution in [2.75, 3.05) is 44.2 Å². The summed E-state index contributed by atoms with van der Waals surface area (Å²) in [6, 6.07) is 3.51. The highest BCUT2D eigenvalue weighted by Gasteiger charge is 2.49. The van der Waals surface area contributed by atoms with Crippen LogP contribution in [-0.4, -0.2) is 68.0 Å². The fraction of sp³-hybridized carbons (Fsp3) is 0.625. The number of carbonyl (C=O) groups excluding carboxylic acids is 4. The molecule has 0 aromatic carbocycles. The second kappa shape index (κ2) is 16.2. The molecule has 1 saturated heterocycles. The van der Waals surface area contributed by atoms with Crippen molar-refractivity contribution in [1.82, 2.24) is 15.5 Å². The Kier molecular flexibility index (Phi) is 12.1. The number of hydrogen-bond donors (Lipinski definition) is 2. The minimum atomic E-state index is -0.297. The molecule has 2 atom stereocenters. The molecule has 4 rings (SSSR count). The number of furan rings is 1. The van der Waals surface area contributed by atoms with Crippen molar-refractivity contribution in [2.24, 2.45) is 17.8 Å². The van der Waals surface area contributed by atoms with Gasteiger partial charge >= 0.3 is 6.09 Å². The van der Waals surface area contributed by atoms with E-state index in [0.717, 1.165) is 56.8 Å². The first-order valence-corrected chi connectivity index (χ1v) is 15.6. The van der Waals surface area contributed by atoms with Crippen LogP contribution in [0.5, 0.6) is 0 Å². The minimum absolute atomic E-state index is 0.00565. The largest absolute Gasteiger partial charge is 0.449 e. The van der Waals surface area contributed by atoms with Crippen LogP contribution < -0.4 is 15.5 Å². The van der Waals surface area contributed by atoms with Crippen LogP contribution in [0.2, 0.25) is 0 Å². The van der Waals surface area contributed by atoms with Crippen molar-refractivity contribution >= 4 is 29.7 Å². The van der Waals surface area contributed by atoms with Crippen molar-refractivity contribution in [3.8, 4) is 0 Å². The molecule has 3 aliphatic rings. The second-order valence-electron chi connectivity index (χ2n) is 11.5. The summed E-state index contributed by atoms with van der Waals surface area (Å²) in [4.78, 5) is 51.4. The van der Waals surface area contributed by atoms with Crippen molar-refractivity contribution < 1.29 is 28.3 Å². The molecule has 2 aliphatic carbocycles.